The second-order valence-electron chi connectivity index (χ2n) is 5.78. The summed E-state index contributed by atoms with van der Waals surface area (Å²) >= 11 is 0. The zero-order valence-corrected chi connectivity index (χ0v) is 16.0. The lowest BCUT2D eigenvalue weighted by molar-refractivity contribution is 0.0601. The lowest BCUT2D eigenvalue weighted by Gasteiger charge is -2.12. The number of esters is 1. The quantitative estimate of drug-likeness (QED) is 0.533. The van der Waals surface area contributed by atoms with Gasteiger partial charge in [-0.25, -0.2) is 13.2 Å². The molecule has 2 aromatic carbocycles. The van der Waals surface area contributed by atoms with Crippen LogP contribution in [0.2, 0.25) is 0 Å². The molecule has 0 aliphatic rings. The standard InChI is InChI=1S/C19H22N2O5S/c1-3-4-12-20-18(22)14-8-7-9-15(13-14)27(24,25)21-17-11-6-5-10-16(17)19(23)26-2/h5-11,13,21H,3-4,12H2,1-2H3,(H,20,22). The molecule has 8 heteroatoms. The van der Waals surface area contributed by atoms with Gasteiger partial charge in [0, 0.05) is 12.1 Å². The molecule has 0 aliphatic heterocycles. The number of benzene rings is 2. The highest BCUT2D eigenvalue weighted by molar-refractivity contribution is 7.92. The van der Waals surface area contributed by atoms with Crippen molar-refractivity contribution in [3.8, 4) is 0 Å². The molecule has 0 saturated heterocycles. The lowest BCUT2D eigenvalue weighted by atomic mass is 10.2. The SMILES string of the molecule is CCCCNC(=O)c1cccc(S(=O)(=O)Nc2ccccc2C(=O)OC)c1. The number of sulfonamides is 1. The van der Waals surface area contributed by atoms with Gasteiger partial charge < -0.3 is 10.1 Å². The summed E-state index contributed by atoms with van der Waals surface area (Å²) in [4.78, 5) is 23.9. The molecule has 2 rings (SSSR count). The van der Waals surface area contributed by atoms with E-state index in [9.17, 15) is 18.0 Å². The molecule has 27 heavy (non-hydrogen) atoms. The lowest BCUT2D eigenvalue weighted by Crippen LogP contribution is -2.24. The van der Waals surface area contributed by atoms with Crippen molar-refractivity contribution in [3.05, 3.63) is 59.7 Å². The van der Waals surface area contributed by atoms with Gasteiger partial charge in [-0.2, -0.15) is 0 Å². The number of para-hydroxylation sites is 1. The molecule has 0 unspecified atom stereocenters. The molecule has 0 radical (unpaired) electrons. The fourth-order valence-electron chi connectivity index (χ4n) is 2.35. The number of ether oxygens (including phenoxy) is 1. The molecule has 0 saturated carbocycles. The van der Waals surface area contributed by atoms with Gasteiger partial charge in [0.1, 0.15) is 0 Å². The molecule has 0 aliphatic carbocycles. The number of hydrogen-bond donors (Lipinski definition) is 2. The zero-order chi connectivity index (χ0) is 19.9. The highest BCUT2D eigenvalue weighted by atomic mass is 32.2. The fourth-order valence-corrected chi connectivity index (χ4v) is 3.47. The number of amides is 1. The first kappa shape index (κ1) is 20.4. The Bertz CT molecular complexity index is 925. The van der Waals surface area contributed by atoms with Crippen LogP contribution in [-0.4, -0.2) is 33.9 Å². The molecular formula is C19H22N2O5S. The number of nitrogens with one attached hydrogen (secondary N) is 2. The minimum atomic E-state index is -4.00. The maximum absolute atomic E-state index is 12.7. The Morgan fingerprint density at radius 1 is 1.07 bits per heavy atom. The molecule has 2 N–H and O–H groups in total. The van der Waals surface area contributed by atoms with Crippen LogP contribution in [0.4, 0.5) is 5.69 Å². The van der Waals surface area contributed by atoms with Gasteiger partial charge in [0.05, 0.1) is 23.3 Å². The third-order valence-corrected chi connectivity index (χ3v) is 5.16. The second kappa shape index (κ2) is 9.18. The third-order valence-electron chi connectivity index (χ3n) is 3.80. The first-order valence-corrected chi connectivity index (χ1v) is 9.95. The topological polar surface area (TPSA) is 102 Å². The number of hydrogen-bond acceptors (Lipinski definition) is 5. The van der Waals surface area contributed by atoms with E-state index in [1.165, 1.54) is 37.4 Å². The minimum absolute atomic E-state index is 0.0784. The number of anilines is 1. The molecule has 0 spiro atoms. The van der Waals surface area contributed by atoms with Crippen molar-refractivity contribution in [1.29, 1.82) is 0 Å². The largest absolute Gasteiger partial charge is 0.465 e. The van der Waals surface area contributed by atoms with Crippen LogP contribution < -0.4 is 10.0 Å². The van der Waals surface area contributed by atoms with E-state index in [0.29, 0.717) is 6.54 Å². The molecule has 1 amide bonds. The van der Waals surface area contributed by atoms with Crippen LogP contribution in [0.15, 0.2) is 53.4 Å². The summed E-state index contributed by atoms with van der Waals surface area (Å²) < 4.78 is 32.5. The molecule has 144 valence electrons. The molecule has 7 nitrogen and oxygen atoms in total. The van der Waals surface area contributed by atoms with Crippen molar-refractivity contribution in [2.75, 3.05) is 18.4 Å². The van der Waals surface area contributed by atoms with Crippen molar-refractivity contribution in [2.24, 2.45) is 0 Å². The molecule has 0 bridgehead atoms. The summed E-state index contributed by atoms with van der Waals surface area (Å²) in [6.45, 7) is 2.54. The molecular weight excluding hydrogens is 368 g/mol. The van der Waals surface area contributed by atoms with Crippen LogP contribution in [0.1, 0.15) is 40.5 Å². The Kier molecular flexibility index (Phi) is 6.95. The first-order chi connectivity index (χ1) is 12.9. The van der Waals surface area contributed by atoms with Crippen LogP contribution >= 0.6 is 0 Å². The van der Waals surface area contributed by atoms with Crippen LogP contribution in [0, 0.1) is 0 Å². The maximum Gasteiger partial charge on any atom is 0.339 e. The van der Waals surface area contributed by atoms with Gasteiger partial charge in [-0.05, 0) is 36.8 Å². The van der Waals surface area contributed by atoms with E-state index in [1.807, 2.05) is 6.92 Å². The average molecular weight is 390 g/mol. The van der Waals surface area contributed by atoms with E-state index in [1.54, 1.807) is 18.2 Å². The van der Waals surface area contributed by atoms with E-state index in [-0.39, 0.29) is 27.6 Å². The summed E-state index contributed by atoms with van der Waals surface area (Å²) in [6.07, 6.45) is 1.79. The summed E-state index contributed by atoms with van der Waals surface area (Å²) in [7, 11) is -2.78. The summed E-state index contributed by atoms with van der Waals surface area (Å²) in [5, 5.41) is 2.74. The molecule has 0 atom stereocenters. The van der Waals surface area contributed by atoms with Crippen molar-refractivity contribution in [2.45, 2.75) is 24.7 Å². The average Bonchev–Trinajstić information content (AvgIpc) is 2.67. The van der Waals surface area contributed by atoms with E-state index in [0.717, 1.165) is 12.8 Å². The van der Waals surface area contributed by atoms with Crippen LogP contribution in [0.3, 0.4) is 0 Å². The Labute approximate surface area is 158 Å². The number of unbranched alkanes of at least 4 members (excludes halogenated alkanes) is 1. The minimum Gasteiger partial charge on any atom is -0.465 e. The maximum atomic E-state index is 12.7. The van der Waals surface area contributed by atoms with Crippen molar-refractivity contribution >= 4 is 27.6 Å². The van der Waals surface area contributed by atoms with Gasteiger partial charge in [-0.15, -0.1) is 0 Å². The molecule has 0 fully saturated rings. The smallest absolute Gasteiger partial charge is 0.339 e. The van der Waals surface area contributed by atoms with Crippen molar-refractivity contribution in [3.63, 3.8) is 0 Å². The summed E-state index contributed by atoms with van der Waals surface area (Å²) in [5.74, 6) is -0.993. The predicted molar refractivity (Wildman–Crippen MR) is 102 cm³/mol. The van der Waals surface area contributed by atoms with Gasteiger partial charge >= 0.3 is 5.97 Å². The second-order valence-corrected chi connectivity index (χ2v) is 7.46. The van der Waals surface area contributed by atoms with Gasteiger partial charge in [0.25, 0.3) is 15.9 Å². The van der Waals surface area contributed by atoms with Gasteiger partial charge in [0.15, 0.2) is 0 Å². The number of carbonyl (C=O) groups excluding carboxylic acids is 2. The number of carbonyl (C=O) groups is 2. The number of methoxy groups -OCH3 is 1. The van der Waals surface area contributed by atoms with Crippen LogP contribution in [0.25, 0.3) is 0 Å². The first-order valence-electron chi connectivity index (χ1n) is 8.47. The third kappa shape index (κ3) is 5.30. The van der Waals surface area contributed by atoms with Gasteiger partial charge in [0.2, 0.25) is 0 Å². The van der Waals surface area contributed by atoms with E-state index < -0.39 is 16.0 Å². The van der Waals surface area contributed by atoms with E-state index in [2.05, 4.69) is 14.8 Å². The van der Waals surface area contributed by atoms with Crippen molar-refractivity contribution < 1.29 is 22.7 Å². The molecule has 2 aromatic rings. The normalized spacial score (nSPS) is 10.9. The monoisotopic (exact) mass is 390 g/mol. The highest BCUT2D eigenvalue weighted by Gasteiger charge is 2.20. The highest BCUT2D eigenvalue weighted by Crippen LogP contribution is 2.21. The van der Waals surface area contributed by atoms with Crippen LogP contribution in [0.5, 0.6) is 0 Å². The van der Waals surface area contributed by atoms with Gasteiger partial charge in [-0.3, -0.25) is 9.52 Å². The van der Waals surface area contributed by atoms with Crippen LogP contribution in [-0.2, 0) is 14.8 Å². The summed E-state index contributed by atoms with van der Waals surface area (Å²) in [6, 6.07) is 11.8. The fraction of sp³-hybridized carbons (Fsp3) is 0.263. The Morgan fingerprint density at radius 2 is 1.81 bits per heavy atom. The van der Waals surface area contributed by atoms with Gasteiger partial charge in [-0.1, -0.05) is 31.5 Å². The van der Waals surface area contributed by atoms with E-state index >= 15 is 0 Å². The van der Waals surface area contributed by atoms with E-state index in [4.69, 9.17) is 0 Å². The predicted octanol–water partition coefficient (Wildman–Crippen LogP) is 2.80. The number of rotatable bonds is 8. The molecule has 0 aromatic heterocycles. The Balaban J connectivity index is 2.27. The van der Waals surface area contributed by atoms with Crippen molar-refractivity contribution in [1.82, 2.24) is 5.32 Å². The Hall–Kier alpha value is -2.87. The Morgan fingerprint density at radius 3 is 2.52 bits per heavy atom. The zero-order valence-electron chi connectivity index (χ0n) is 15.2. The summed E-state index contributed by atoms with van der Waals surface area (Å²) in [5.41, 5.74) is 0.439. The molecule has 0 heterocycles.